The molecule has 0 amide bonds. The van der Waals surface area contributed by atoms with Crippen LogP contribution in [0.5, 0.6) is 0 Å². The van der Waals surface area contributed by atoms with E-state index in [1.165, 1.54) is 0 Å². The maximum absolute atomic E-state index is 3.98. The lowest BCUT2D eigenvalue weighted by Crippen LogP contribution is -1.90. The van der Waals surface area contributed by atoms with E-state index in [1.54, 1.807) is 6.20 Å². The fraction of sp³-hybridized carbons (Fsp3) is 0.250. The molecule has 0 aromatic carbocycles. The lowest BCUT2D eigenvalue weighted by molar-refractivity contribution is 1.08. The van der Waals surface area contributed by atoms with E-state index in [4.69, 9.17) is 0 Å². The molecule has 1 heterocycles. The average molecular weight is 93.9 g/mol. The number of aryl methyl sites for hydroxylation is 1. The summed E-state index contributed by atoms with van der Waals surface area (Å²) in [5, 5.41) is 0. The van der Waals surface area contributed by atoms with E-state index in [2.05, 4.69) is 4.98 Å². The minimum Gasteiger partial charge on any atom is -0.387 e. The Morgan fingerprint density at radius 2 is 2.57 bits per heavy atom. The molecule has 1 aromatic heterocycles. The summed E-state index contributed by atoms with van der Waals surface area (Å²) in [6.45, 7) is 1.97. The molecule has 0 fully saturated rings. The third-order valence-corrected chi connectivity index (χ3v) is 1.06. The molecule has 7 heavy (non-hydrogen) atoms. The zero-order valence-corrected chi connectivity index (χ0v) is 4.55. The van der Waals surface area contributed by atoms with E-state index in [0.29, 0.717) is 0 Å². The Balaban J connectivity index is 3.12. The third-order valence-electron chi connectivity index (χ3n) is 1.06. The molecule has 0 N–H and O–H groups in total. The van der Waals surface area contributed by atoms with E-state index in [0.717, 1.165) is 5.82 Å². The van der Waals surface area contributed by atoms with Crippen molar-refractivity contribution in [3.63, 3.8) is 0 Å². The first-order valence-electron chi connectivity index (χ1n) is 2.24. The first kappa shape index (κ1) is 4.43. The van der Waals surface area contributed by atoms with E-state index < -0.39 is 0 Å². The van der Waals surface area contributed by atoms with Crippen molar-refractivity contribution in [2.75, 3.05) is 0 Å². The van der Waals surface area contributed by atoms with Gasteiger partial charge in [0.1, 0.15) is 0 Å². The maximum Gasteiger partial charge on any atom is 0.224 e. The van der Waals surface area contributed by atoms with Gasteiger partial charge in [-0.2, -0.15) is 0 Å². The van der Waals surface area contributed by atoms with Crippen molar-refractivity contribution < 1.29 is 0 Å². The van der Waals surface area contributed by atoms with Crippen molar-refractivity contribution in [2.45, 2.75) is 6.92 Å². The van der Waals surface area contributed by atoms with Crippen LogP contribution in [0, 0.1) is 6.92 Å². The highest BCUT2D eigenvalue weighted by atomic mass is 15.0. The molecule has 0 saturated carbocycles. The standard InChI is InChI=1S/C4H7BN2/c1-4-6-2-3-7(4)5/h2-3H,5H2,1H3. The Morgan fingerprint density at radius 3 is 2.71 bits per heavy atom. The van der Waals surface area contributed by atoms with Gasteiger partial charge in [0.25, 0.3) is 0 Å². The lowest BCUT2D eigenvalue weighted by Gasteiger charge is -1.87. The summed E-state index contributed by atoms with van der Waals surface area (Å²) in [6.07, 6.45) is 3.71. The highest BCUT2D eigenvalue weighted by molar-refractivity contribution is 6.06. The first-order valence-corrected chi connectivity index (χ1v) is 2.24. The Labute approximate surface area is 43.6 Å². The Hall–Kier alpha value is -0.725. The molecule has 1 aromatic rings. The number of hydrogen-bond donors (Lipinski definition) is 0. The number of nitrogens with zero attached hydrogens (tertiary/aromatic N) is 2. The molecule has 36 valence electrons. The van der Waals surface area contributed by atoms with Crippen LogP contribution in [-0.4, -0.2) is 17.4 Å². The molecule has 0 aliphatic carbocycles. The molecule has 0 radical (unpaired) electrons. The Morgan fingerprint density at radius 1 is 1.86 bits per heavy atom. The normalized spacial score (nSPS) is 9.29. The zero-order chi connectivity index (χ0) is 5.28. The molecule has 1 rings (SSSR count). The van der Waals surface area contributed by atoms with Gasteiger partial charge in [0.15, 0.2) is 0 Å². The predicted molar refractivity (Wildman–Crippen MR) is 30.9 cm³/mol. The van der Waals surface area contributed by atoms with Crippen molar-refractivity contribution in [1.29, 1.82) is 0 Å². The molecular weight excluding hydrogens is 86.9 g/mol. The fourth-order valence-electron chi connectivity index (χ4n) is 0.440. The summed E-state index contributed by atoms with van der Waals surface area (Å²) in [5.41, 5.74) is 0. The largest absolute Gasteiger partial charge is 0.387 e. The van der Waals surface area contributed by atoms with Crippen LogP contribution in [0.15, 0.2) is 12.4 Å². The second-order valence-corrected chi connectivity index (χ2v) is 1.59. The van der Waals surface area contributed by atoms with Crippen molar-refractivity contribution in [1.82, 2.24) is 9.46 Å². The van der Waals surface area contributed by atoms with E-state index in [-0.39, 0.29) is 0 Å². The van der Waals surface area contributed by atoms with Crippen molar-refractivity contribution in [2.24, 2.45) is 0 Å². The quantitative estimate of drug-likeness (QED) is 0.399. The first-order chi connectivity index (χ1) is 3.30. The molecule has 2 nitrogen and oxygen atoms in total. The lowest BCUT2D eigenvalue weighted by atomic mass is 10.4. The molecule has 0 unspecified atom stereocenters. The van der Waals surface area contributed by atoms with Crippen molar-refractivity contribution >= 4 is 7.98 Å². The summed E-state index contributed by atoms with van der Waals surface area (Å²) in [4.78, 5) is 3.98. The van der Waals surface area contributed by atoms with Gasteiger partial charge in [0.2, 0.25) is 7.98 Å². The molecule has 0 atom stereocenters. The number of aromatic nitrogens is 2. The van der Waals surface area contributed by atoms with Gasteiger partial charge in [0.05, 0.1) is 5.82 Å². The van der Waals surface area contributed by atoms with Crippen LogP contribution in [0.3, 0.4) is 0 Å². The summed E-state index contributed by atoms with van der Waals surface area (Å²) < 4.78 is 1.97. The minimum atomic E-state index is 1.06. The molecule has 0 aliphatic rings. The van der Waals surface area contributed by atoms with Gasteiger partial charge in [0, 0.05) is 12.4 Å². The van der Waals surface area contributed by atoms with Crippen molar-refractivity contribution in [3.8, 4) is 0 Å². The second kappa shape index (κ2) is 1.41. The fourth-order valence-corrected chi connectivity index (χ4v) is 0.440. The predicted octanol–water partition coefficient (Wildman–Crippen LogP) is -0.412. The molecule has 0 spiro atoms. The third kappa shape index (κ3) is 0.658. The molecular formula is C4H7BN2. The van der Waals surface area contributed by atoms with Crippen LogP contribution in [-0.2, 0) is 0 Å². The topological polar surface area (TPSA) is 17.8 Å². The van der Waals surface area contributed by atoms with Gasteiger partial charge < -0.3 is 4.48 Å². The minimum absolute atomic E-state index is 1.06. The van der Waals surface area contributed by atoms with E-state index in [9.17, 15) is 0 Å². The molecule has 0 bridgehead atoms. The van der Waals surface area contributed by atoms with Crippen LogP contribution in [0.25, 0.3) is 0 Å². The average Bonchev–Trinajstić information content (AvgIpc) is 1.91. The highest BCUT2D eigenvalue weighted by Gasteiger charge is 1.83. The maximum atomic E-state index is 3.98. The smallest absolute Gasteiger partial charge is 0.224 e. The Kier molecular flexibility index (Phi) is 0.892. The zero-order valence-electron chi connectivity index (χ0n) is 4.55. The van der Waals surface area contributed by atoms with Gasteiger partial charge in [-0.05, 0) is 6.92 Å². The molecule has 0 aliphatic heterocycles. The van der Waals surface area contributed by atoms with Crippen LogP contribution in [0.4, 0.5) is 0 Å². The SMILES string of the molecule is Bn1ccnc1C. The van der Waals surface area contributed by atoms with Crippen LogP contribution in [0.2, 0.25) is 0 Å². The summed E-state index contributed by atoms with van der Waals surface area (Å²) >= 11 is 0. The van der Waals surface area contributed by atoms with Crippen LogP contribution >= 0.6 is 0 Å². The van der Waals surface area contributed by atoms with Crippen LogP contribution < -0.4 is 0 Å². The van der Waals surface area contributed by atoms with E-state index in [1.807, 2.05) is 25.6 Å². The number of imidazole rings is 1. The molecule has 3 heteroatoms. The van der Waals surface area contributed by atoms with Gasteiger partial charge in [-0.15, -0.1) is 0 Å². The van der Waals surface area contributed by atoms with E-state index >= 15 is 0 Å². The van der Waals surface area contributed by atoms with Crippen LogP contribution in [0.1, 0.15) is 5.82 Å². The van der Waals surface area contributed by atoms with Gasteiger partial charge in [-0.1, -0.05) is 0 Å². The number of rotatable bonds is 0. The summed E-state index contributed by atoms with van der Waals surface area (Å²) in [5.74, 6) is 1.06. The number of hydrogen-bond acceptors (Lipinski definition) is 1. The monoisotopic (exact) mass is 94.1 g/mol. The van der Waals surface area contributed by atoms with Gasteiger partial charge in [-0.25, -0.2) is 4.98 Å². The second-order valence-electron chi connectivity index (χ2n) is 1.59. The highest BCUT2D eigenvalue weighted by Crippen LogP contribution is 1.85. The molecule has 0 saturated heterocycles. The summed E-state index contributed by atoms with van der Waals surface area (Å²) in [7, 11) is 1.97. The Bertz CT molecular complexity index is 142. The van der Waals surface area contributed by atoms with Gasteiger partial charge >= 0.3 is 0 Å². The van der Waals surface area contributed by atoms with Crippen molar-refractivity contribution in [3.05, 3.63) is 18.2 Å². The summed E-state index contributed by atoms with van der Waals surface area (Å²) in [6, 6.07) is 0. The van der Waals surface area contributed by atoms with Gasteiger partial charge in [-0.3, -0.25) is 0 Å².